The number of para-hydroxylation sites is 1. The fourth-order valence-corrected chi connectivity index (χ4v) is 4.13. The highest BCUT2D eigenvalue weighted by atomic mass is 16.5. The van der Waals surface area contributed by atoms with Crippen molar-refractivity contribution in [2.45, 2.75) is 32.4 Å². The molecule has 0 aliphatic carbocycles. The van der Waals surface area contributed by atoms with Gasteiger partial charge >= 0.3 is 0 Å². The van der Waals surface area contributed by atoms with Crippen LogP contribution in [0.15, 0.2) is 43.0 Å². The van der Waals surface area contributed by atoms with E-state index in [0.717, 1.165) is 50.4 Å². The van der Waals surface area contributed by atoms with E-state index in [2.05, 4.69) is 33.1 Å². The first-order chi connectivity index (χ1) is 12.3. The smallest absolute Gasteiger partial charge is 0.123 e. The molecule has 2 aliphatic heterocycles. The van der Waals surface area contributed by atoms with E-state index >= 15 is 0 Å². The van der Waals surface area contributed by atoms with Crippen LogP contribution in [0.25, 0.3) is 0 Å². The van der Waals surface area contributed by atoms with Crippen molar-refractivity contribution in [3.8, 4) is 5.75 Å². The van der Waals surface area contributed by atoms with E-state index in [-0.39, 0.29) is 0 Å². The van der Waals surface area contributed by atoms with E-state index in [1.165, 1.54) is 5.56 Å². The monoisotopic (exact) mass is 339 g/mol. The molecule has 2 aromatic rings. The van der Waals surface area contributed by atoms with Crippen LogP contribution in [-0.2, 0) is 17.7 Å². The van der Waals surface area contributed by atoms with E-state index in [1.54, 1.807) is 6.33 Å². The van der Waals surface area contributed by atoms with Crippen molar-refractivity contribution in [2.24, 2.45) is 5.41 Å². The lowest BCUT2D eigenvalue weighted by Gasteiger charge is -2.47. The number of benzene rings is 1. The molecule has 132 valence electrons. The van der Waals surface area contributed by atoms with Crippen LogP contribution in [0.3, 0.4) is 0 Å². The molecule has 4 rings (SSSR count). The van der Waals surface area contributed by atoms with Gasteiger partial charge in [0.25, 0.3) is 0 Å². The maximum absolute atomic E-state index is 6.07. The van der Waals surface area contributed by atoms with Crippen molar-refractivity contribution in [1.29, 1.82) is 0 Å². The van der Waals surface area contributed by atoms with Crippen molar-refractivity contribution in [3.63, 3.8) is 0 Å². The molecule has 5 nitrogen and oxygen atoms in total. The first-order valence-corrected chi connectivity index (χ1v) is 9.05. The zero-order valence-corrected chi connectivity index (χ0v) is 14.7. The molecule has 0 radical (unpaired) electrons. The summed E-state index contributed by atoms with van der Waals surface area (Å²) < 4.78 is 11.8. The Labute approximate surface area is 149 Å². The van der Waals surface area contributed by atoms with Crippen LogP contribution in [0.5, 0.6) is 5.75 Å². The third-order valence-electron chi connectivity index (χ3n) is 5.15. The van der Waals surface area contributed by atoms with Gasteiger partial charge in [-0.3, -0.25) is 4.90 Å². The maximum atomic E-state index is 6.07. The number of hydrogen-bond acceptors (Lipinski definition) is 5. The molecule has 0 bridgehead atoms. The van der Waals surface area contributed by atoms with E-state index in [9.17, 15) is 0 Å². The van der Waals surface area contributed by atoms with E-state index in [4.69, 9.17) is 9.47 Å². The fraction of sp³-hybridized carbons (Fsp3) is 0.500. The van der Waals surface area contributed by atoms with E-state index in [0.29, 0.717) is 18.1 Å². The predicted molar refractivity (Wildman–Crippen MR) is 95.4 cm³/mol. The highest BCUT2D eigenvalue weighted by molar-refractivity contribution is 5.33. The molecule has 1 aromatic carbocycles. The van der Waals surface area contributed by atoms with Gasteiger partial charge in [-0.25, -0.2) is 9.97 Å². The molecule has 5 heteroatoms. The predicted octanol–water partition coefficient (Wildman–Crippen LogP) is 2.71. The molecule has 1 atom stereocenters. The van der Waals surface area contributed by atoms with Crippen molar-refractivity contribution >= 4 is 0 Å². The second-order valence-electron chi connectivity index (χ2n) is 7.27. The average molecular weight is 339 g/mol. The van der Waals surface area contributed by atoms with Crippen molar-refractivity contribution in [1.82, 2.24) is 14.9 Å². The van der Waals surface area contributed by atoms with Crippen LogP contribution in [-0.4, -0.2) is 47.3 Å². The van der Waals surface area contributed by atoms with Gasteiger partial charge in [0, 0.05) is 49.4 Å². The summed E-state index contributed by atoms with van der Waals surface area (Å²) in [4.78, 5) is 10.7. The Balaban J connectivity index is 1.30. The summed E-state index contributed by atoms with van der Waals surface area (Å²) in [5.74, 6) is 1.01. The fourth-order valence-electron chi connectivity index (χ4n) is 4.13. The number of nitrogens with zero attached hydrogens (tertiary/aromatic N) is 3. The SMILES string of the molecule is CCOc1ccccc1CN1CC2(CO[C@H](Cc3cncnc3)C2)C1. The van der Waals surface area contributed by atoms with Crippen LogP contribution < -0.4 is 4.74 Å². The maximum Gasteiger partial charge on any atom is 0.123 e. The largest absolute Gasteiger partial charge is 0.494 e. The van der Waals surface area contributed by atoms with Gasteiger partial charge in [0.05, 0.1) is 19.3 Å². The molecule has 1 spiro atoms. The standard InChI is InChI=1S/C20H25N3O2/c1-2-24-19-6-4-3-5-17(19)11-23-12-20(13-23)8-18(25-14-20)7-16-9-21-15-22-10-16/h3-6,9-10,15,18H,2,7-8,11-14H2,1H3/t18-/m1/s1. The number of hydrogen-bond donors (Lipinski definition) is 0. The zero-order valence-electron chi connectivity index (χ0n) is 14.7. The summed E-state index contributed by atoms with van der Waals surface area (Å²) in [6.45, 7) is 6.78. The number of aromatic nitrogens is 2. The summed E-state index contributed by atoms with van der Waals surface area (Å²) >= 11 is 0. The number of likely N-dealkylation sites (tertiary alicyclic amines) is 1. The van der Waals surface area contributed by atoms with Gasteiger partial charge < -0.3 is 9.47 Å². The summed E-state index contributed by atoms with van der Waals surface area (Å²) in [5, 5.41) is 0. The molecule has 1 aromatic heterocycles. The molecule has 0 unspecified atom stereocenters. The Hall–Kier alpha value is -1.98. The second-order valence-corrected chi connectivity index (χ2v) is 7.27. The molecule has 0 saturated carbocycles. The Bertz CT molecular complexity index is 701. The highest BCUT2D eigenvalue weighted by Crippen LogP contribution is 2.42. The Morgan fingerprint density at radius 2 is 2.04 bits per heavy atom. The molecule has 0 amide bonds. The third-order valence-corrected chi connectivity index (χ3v) is 5.15. The molecule has 0 N–H and O–H groups in total. The first kappa shape index (κ1) is 16.5. The van der Waals surface area contributed by atoms with Gasteiger partial charge in [-0.15, -0.1) is 0 Å². The summed E-state index contributed by atoms with van der Waals surface area (Å²) in [6, 6.07) is 8.35. The summed E-state index contributed by atoms with van der Waals surface area (Å²) in [5.41, 5.74) is 2.77. The quantitative estimate of drug-likeness (QED) is 0.810. The number of ether oxygens (including phenoxy) is 2. The van der Waals surface area contributed by atoms with E-state index < -0.39 is 0 Å². The summed E-state index contributed by atoms with van der Waals surface area (Å²) in [7, 11) is 0. The molecular formula is C20H25N3O2. The Kier molecular flexibility index (Phi) is 4.68. The molecular weight excluding hydrogens is 314 g/mol. The Morgan fingerprint density at radius 1 is 1.24 bits per heavy atom. The molecule has 2 aliphatic rings. The summed E-state index contributed by atoms with van der Waals surface area (Å²) in [6.07, 6.45) is 7.69. The Morgan fingerprint density at radius 3 is 2.84 bits per heavy atom. The first-order valence-electron chi connectivity index (χ1n) is 9.05. The molecule has 2 fully saturated rings. The van der Waals surface area contributed by atoms with Crippen LogP contribution in [0, 0.1) is 5.41 Å². The average Bonchev–Trinajstić information content (AvgIpc) is 3.01. The number of rotatable bonds is 6. The van der Waals surface area contributed by atoms with Gasteiger partial charge in [0.15, 0.2) is 0 Å². The van der Waals surface area contributed by atoms with Crippen LogP contribution in [0.4, 0.5) is 0 Å². The second kappa shape index (κ2) is 7.10. The van der Waals surface area contributed by atoms with Crippen LogP contribution >= 0.6 is 0 Å². The lowest BCUT2D eigenvalue weighted by molar-refractivity contribution is -0.0144. The van der Waals surface area contributed by atoms with Gasteiger partial charge in [-0.2, -0.15) is 0 Å². The minimum Gasteiger partial charge on any atom is -0.494 e. The van der Waals surface area contributed by atoms with Gasteiger partial charge in [-0.05, 0) is 25.0 Å². The van der Waals surface area contributed by atoms with E-state index in [1.807, 2.05) is 25.4 Å². The highest BCUT2D eigenvalue weighted by Gasteiger charge is 2.48. The van der Waals surface area contributed by atoms with Gasteiger partial charge in [0.1, 0.15) is 12.1 Å². The van der Waals surface area contributed by atoms with Crippen LogP contribution in [0.2, 0.25) is 0 Å². The van der Waals surface area contributed by atoms with Crippen molar-refractivity contribution < 1.29 is 9.47 Å². The minimum absolute atomic E-state index is 0.295. The molecule has 3 heterocycles. The van der Waals surface area contributed by atoms with Crippen LogP contribution in [0.1, 0.15) is 24.5 Å². The molecule has 2 saturated heterocycles. The third kappa shape index (κ3) is 3.67. The van der Waals surface area contributed by atoms with Gasteiger partial charge in [-0.1, -0.05) is 18.2 Å². The van der Waals surface area contributed by atoms with Crippen molar-refractivity contribution in [3.05, 3.63) is 54.1 Å². The topological polar surface area (TPSA) is 47.5 Å². The zero-order chi connectivity index (χ0) is 17.1. The van der Waals surface area contributed by atoms with Crippen molar-refractivity contribution in [2.75, 3.05) is 26.3 Å². The minimum atomic E-state index is 0.295. The molecule has 25 heavy (non-hydrogen) atoms. The lowest BCUT2D eigenvalue weighted by Crippen LogP contribution is -2.56. The lowest BCUT2D eigenvalue weighted by atomic mass is 9.77. The normalized spacial score (nSPS) is 22.0. The van der Waals surface area contributed by atoms with Gasteiger partial charge in [0.2, 0.25) is 0 Å².